The third kappa shape index (κ3) is 1.60. The number of hydrogen-bond acceptors (Lipinski definition) is 2. The van der Waals surface area contributed by atoms with Crippen LogP contribution in [0.1, 0.15) is 0 Å². The number of terminal acetylenes is 1. The Morgan fingerprint density at radius 3 is 2.18 bits per heavy atom. The molecule has 0 saturated heterocycles. The molecule has 0 atom stereocenters. The zero-order valence-corrected chi connectivity index (χ0v) is 6.51. The van der Waals surface area contributed by atoms with Gasteiger partial charge in [-0.3, -0.25) is 0 Å². The molecule has 1 aromatic carbocycles. The van der Waals surface area contributed by atoms with Gasteiger partial charge in [0.1, 0.15) is 0 Å². The van der Waals surface area contributed by atoms with E-state index < -0.39 is 9.84 Å². The van der Waals surface area contributed by atoms with Crippen LogP contribution in [-0.4, -0.2) is 8.42 Å². The maximum absolute atomic E-state index is 11.0. The van der Waals surface area contributed by atoms with E-state index in [1.54, 1.807) is 23.5 Å². The van der Waals surface area contributed by atoms with Crippen LogP contribution in [0.4, 0.5) is 0 Å². The van der Waals surface area contributed by atoms with Crippen molar-refractivity contribution in [3.8, 4) is 11.7 Å². The molecule has 0 spiro atoms. The molecular formula is C8H6O2S. The smallest absolute Gasteiger partial charge is 0.210 e. The molecule has 1 aromatic rings. The molecule has 1 rings (SSSR count). The van der Waals surface area contributed by atoms with Gasteiger partial charge in [-0.1, -0.05) is 18.2 Å². The van der Waals surface area contributed by atoms with E-state index in [0.717, 1.165) is 0 Å². The van der Waals surface area contributed by atoms with Crippen LogP contribution in [0.25, 0.3) is 0 Å². The third-order valence-corrected chi connectivity index (χ3v) is 2.41. The normalized spacial score (nSPS) is 10.5. The first kappa shape index (κ1) is 7.83. The van der Waals surface area contributed by atoms with Gasteiger partial charge in [0.15, 0.2) is 0 Å². The molecule has 0 amide bonds. The van der Waals surface area contributed by atoms with Crippen molar-refractivity contribution in [1.82, 2.24) is 0 Å². The molecule has 0 aliphatic rings. The molecule has 0 N–H and O–H groups in total. The Balaban J connectivity index is 3.28. The highest BCUT2D eigenvalue weighted by molar-refractivity contribution is 7.96. The van der Waals surface area contributed by atoms with Crippen molar-refractivity contribution in [3.05, 3.63) is 30.3 Å². The third-order valence-electron chi connectivity index (χ3n) is 1.21. The maximum Gasteiger partial charge on any atom is 0.244 e. The van der Waals surface area contributed by atoms with Crippen molar-refractivity contribution in [1.29, 1.82) is 0 Å². The summed E-state index contributed by atoms with van der Waals surface area (Å²) in [6.07, 6.45) is 4.80. The summed E-state index contributed by atoms with van der Waals surface area (Å²) in [6.45, 7) is 0. The molecular weight excluding hydrogens is 160 g/mol. The lowest BCUT2D eigenvalue weighted by Crippen LogP contribution is -1.94. The van der Waals surface area contributed by atoms with E-state index in [0.29, 0.717) is 0 Å². The van der Waals surface area contributed by atoms with Gasteiger partial charge in [-0.2, -0.15) is 0 Å². The Morgan fingerprint density at radius 2 is 1.73 bits per heavy atom. The fraction of sp³-hybridized carbons (Fsp3) is 0. The lowest BCUT2D eigenvalue weighted by molar-refractivity contribution is 0.606. The summed E-state index contributed by atoms with van der Waals surface area (Å²) in [4.78, 5) is 0.169. The number of rotatable bonds is 1. The lowest BCUT2D eigenvalue weighted by atomic mass is 10.4. The van der Waals surface area contributed by atoms with Gasteiger partial charge in [-0.25, -0.2) is 8.42 Å². The molecule has 0 aromatic heterocycles. The van der Waals surface area contributed by atoms with Crippen molar-refractivity contribution in [2.75, 3.05) is 0 Å². The summed E-state index contributed by atoms with van der Waals surface area (Å²) in [5.74, 6) is 0. The molecule has 3 heteroatoms. The van der Waals surface area contributed by atoms with Gasteiger partial charge in [0.05, 0.1) is 4.90 Å². The molecule has 0 fully saturated rings. The van der Waals surface area contributed by atoms with E-state index in [1.807, 2.05) is 0 Å². The van der Waals surface area contributed by atoms with Crippen molar-refractivity contribution in [2.24, 2.45) is 0 Å². The van der Waals surface area contributed by atoms with Gasteiger partial charge in [-0.15, -0.1) is 6.42 Å². The first-order valence-corrected chi connectivity index (χ1v) is 4.42. The van der Waals surface area contributed by atoms with E-state index in [-0.39, 0.29) is 4.90 Å². The van der Waals surface area contributed by atoms with Gasteiger partial charge in [0.2, 0.25) is 9.84 Å². The van der Waals surface area contributed by atoms with Crippen LogP contribution in [0.15, 0.2) is 35.2 Å². The average Bonchev–Trinajstić information content (AvgIpc) is 2.06. The van der Waals surface area contributed by atoms with E-state index in [9.17, 15) is 8.42 Å². The molecule has 11 heavy (non-hydrogen) atoms. The van der Waals surface area contributed by atoms with E-state index in [2.05, 4.69) is 0 Å². The zero-order chi connectivity index (χ0) is 8.32. The van der Waals surface area contributed by atoms with E-state index in [1.165, 1.54) is 12.1 Å². The largest absolute Gasteiger partial charge is 0.244 e. The van der Waals surface area contributed by atoms with Crippen LogP contribution in [0.3, 0.4) is 0 Å². The summed E-state index contributed by atoms with van der Waals surface area (Å²) in [6, 6.07) is 7.92. The second kappa shape index (κ2) is 2.77. The predicted octanol–water partition coefficient (Wildman–Crippen LogP) is 1.05. The molecule has 0 bridgehead atoms. The molecule has 0 aliphatic heterocycles. The van der Waals surface area contributed by atoms with Gasteiger partial charge >= 0.3 is 0 Å². The minimum Gasteiger partial charge on any atom is -0.210 e. The molecule has 2 nitrogen and oxygen atoms in total. The van der Waals surface area contributed by atoms with Crippen molar-refractivity contribution in [2.45, 2.75) is 4.90 Å². The summed E-state index contributed by atoms with van der Waals surface area (Å²) in [7, 11) is -3.47. The Bertz CT molecular complexity index is 370. The van der Waals surface area contributed by atoms with Gasteiger partial charge in [-0.05, 0) is 12.1 Å². The quantitative estimate of drug-likeness (QED) is 0.461. The number of benzene rings is 1. The van der Waals surface area contributed by atoms with Crippen LogP contribution >= 0.6 is 0 Å². The highest BCUT2D eigenvalue weighted by Gasteiger charge is 2.07. The van der Waals surface area contributed by atoms with Gasteiger partial charge in [0, 0.05) is 5.25 Å². The van der Waals surface area contributed by atoms with Crippen molar-refractivity contribution in [3.63, 3.8) is 0 Å². The molecule has 0 saturated carbocycles. The van der Waals surface area contributed by atoms with Crippen LogP contribution in [0.5, 0.6) is 0 Å². The minimum absolute atomic E-state index is 0.169. The van der Waals surface area contributed by atoms with Gasteiger partial charge < -0.3 is 0 Å². The summed E-state index contributed by atoms with van der Waals surface area (Å²) < 4.78 is 21.9. The van der Waals surface area contributed by atoms with Crippen LogP contribution < -0.4 is 0 Å². The van der Waals surface area contributed by atoms with E-state index >= 15 is 0 Å². The summed E-state index contributed by atoms with van der Waals surface area (Å²) in [5.41, 5.74) is 0. The SMILES string of the molecule is C#CS(=O)(=O)c1ccccc1. The van der Waals surface area contributed by atoms with Crippen LogP contribution in [0, 0.1) is 11.7 Å². The van der Waals surface area contributed by atoms with Crippen molar-refractivity contribution < 1.29 is 8.42 Å². The molecule has 56 valence electrons. The standard InChI is InChI=1S/C8H6O2S/c1-2-11(9,10)8-6-4-3-5-7-8/h1,3-7H. The van der Waals surface area contributed by atoms with Crippen LogP contribution in [0.2, 0.25) is 0 Å². The van der Waals surface area contributed by atoms with Crippen LogP contribution in [-0.2, 0) is 9.84 Å². The Hall–Kier alpha value is -1.27. The van der Waals surface area contributed by atoms with Crippen molar-refractivity contribution >= 4 is 9.84 Å². The number of hydrogen-bond donors (Lipinski definition) is 0. The average molecular weight is 166 g/mol. The Labute approximate surface area is 65.8 Å². The molecule has 0 radical (unpaired) electrons. The topological polar surface area (TPSA) is 34.1 Å². The lowest BCUT2D eigenvalue weighted by Gasteiger charge is -1.92. The Kier molecular flexibility index (Phi) is 1.97. The zero-order valence-electron chi connectivity index (χ0n) is 5.69. The minimum atomic E-state index is -3.47. The molecule has 0 aliphatic carbocycles. The maximum atomic E-state index is 11.0. The second-order valence-corrected chi connectivity index (χ2v) is 3.65. The summed E-state index contributed by atoms with van der Waals surface area (Å²) >= 11 is 0. The predicted molar refractivity (Wildman–Crippen MR) is 42.5 cm³/mol. The second-order valence-electron chi connectivity index (χ2n) is 1.93. The number of sulfone groups is 1. The van der Waals surface area contributed by atoms with E-state index in [4.69, 9.17) is 6.42 Å². The fourth-order valence-electron chi connectivity index (χ4n) is 0.668. The Morgan fingerprint density at radius 1 is 1.18 bits per heavy atom. The highest BCUT2D eigenvalue weighted by Crippen LogP contribution is 2.07. The first-order chi connectivity index (χ1) is 5.17. The highest BCUT2D eigenvalue weighted by atomic mass is 32.2. The summed E-state index contributed by atoms with van der Waals surface area (Å²) in [5, 5.41) is 1.73. The first-order valence-electron chi connectivity index (χ1n) is 2.94. The molecule has 0 heterocycles. The fourth-order valence-corrected chi connectivity index (χ4v) is 1.32. The van der Waals surface area contributed by atoms with Gasteiger partial charge in [0.25, 0.3) is 0 Å². The molecule has 0 unspecified atom stereocenters. The monoisotopic (exact) mass is 166 g/mol.